The zero-order valence-corrected chi connectivity index (χ0v) is 15.0. The Labute approximate surface area is 147 Å². The molecular formula is C18H19Cl3O. The van der Waals surface area contributed by atoms with Crippen LogP contribution in [0.15, 0.2) is 36.4 Å². The van der Waals surface area contributed by atoms with Gasteiger partial charge in [0.05, 0.1) is 0 Å². The minimum Gasteiger partial charge on any atom is -0.489 e. The van der Waals surface area contributed by atoms with Gasteiger partial charge in [0.15, 0.2) is 0 Å². The predicted octanol–water partition coefficient (Wildman–Crippen LogP) is 6.52. The van der Waals surface area contributed by atoms with Crippen LogP contribution >= 0.6 is 34.8 Å². The van der Waals surface area contributed by atoms with E-state index in [1.807, 2.05) is 12.1 Å². The van der Waals surface area contributed by atoms with E-state index in [1.54, 1.807) is 6.07 Å². The summed E-state index contributed by atoms with van der Waals surface area (Å²) in [5.74, 6) is 0.911. The third-order valence-electron chi connectivity index (χ3n) is 3.64. The molecule has 1 nitrogen and oxygen atoms in total. The lowest BCUT2D eigenvalue weighted by Crippen LogP contribution is -2.02. The number of alkyl halides is 2. The van der Waals surface area contributed by atoms with Gasteiger partial charge in [0, 0.05) is 5.02 Å². The van der Waals surface area contributed by atoms with Crippen LogP contribution in [0.1, 0.15) is 40.9 Å². The molecule has 2 rings (SSSR count). The zero-order valence-electron chi connectivity index (χ0n) is 12.7. The molecule has 2 aromatic carbocycles. The van der Waals surface area contributed by atoms with Crippen LogP contribution in [0.2, 0.25) is 5.02 Å². The van der Waals surface area contributed by atoms with Crippen molar-refractivity contribution in [3.63, 3.8) is 0 Å². The second kappa shape index (κ2) is 8.10. The molecule has 118 valence electrons. The van der Waals surface area contributed by atoms with E-state index in [4.69, 9.17) is 39.5 Å². The quantitative estimate of drug-likeness (QED) is 0.535. The molecule has 0 radical (unpaired) electrons. The Balaban J connectivity index is 2.25. The fourth-order valence-corrected chi connectivity index (χ4v) is 2.93. The van der Waals surface area contributed by atoms with Crippen molar-refractivity contribution in [1.29, 1.82) is 0 Å². The second-order valence-electron chi connectivity index (χ2n) is 5.08. The molecule has 0 spiro atoms. The summed E-state index contributed by atoms with van der Waals surface area (Å²) in [6.07, 6.45) is 1.91. The number of rotatable bonds is 6. The Morgan fingerprint density at radius 3 is 2.36 bits per heavy atom. The van der Waals surface area contributed by atoms with Crippen LogP contribution in [-0.2, 0) is 19.4 Å². The fraction of sp³-hybridized carbons (Fsp3) is 0.333. The molecule has 0 amide bonds. The highest BCUT2D eigenvalue weighted by Gasteiger charge is 2.12. The normalized spacial score (nSPS) is 11.0. The van der Waals surface area contributed by atoms with Crippen molar-refractivity contribution in [2.24, 2.45) is 0 Å². The molecule has 0 saturated carbocycles. The Morgan fingerprint density at radius 2 is 1.73 bits per heavy atom. The van der Waals surface area contributed by atoms with Gasteiger partial charge in [0.2, 0.25) is 0 Å². The first-order chi connectivity index (χ1) is 10.5. The van der Waals surface area contributed by atoms with Crippen molar-refractivity contribution in [3.8, 4) is 5.75 Å². The molecule has 0 heterocycles. The summed E-state index contributed by atoms with van der Waals surface area (Å²) in [4.78, 5) is -0.594. The van der Waals surface area contributed by atoms with Crippen molar-refractivity contribution < 1.29 is 4.74 Å². The van der Waals surface area contributed by atoms with Crippen LogP contribution in [0.5, 0.6) is 5.75 Å². The van der Waals surface area contributed by atoms with Crippen molar-refractivity contribution in [2.45, 2.75) is 38.1 Å². The van der Waals surface area contributed by atoms with Crippen LogP contribution in [0.4, 0.5) is 0 Å². The minimum atomic E-state index is -0.594. The first kappa shape index (κ1) is 17.5. The third kappa shape index (κ3) is 4.32. The van der Waals surface area contributed by atoms with Crippen LogP contribution in [0.25, 0.3) is 0 Å². The van der Waals surface area contributed by atoms with Crippen molar-refractivity contribution >= 4 is 34.8 Å². The number of halogens is 3. The molecule has 0 aromatic heterocycles. The largest absolute Gasteiger partial charge is 0.489 e. The molecule has 4 heteroatoms. The van der Waals surface area contributed by atoms with Crippen molar-refractivity contribution in [2.75, 3.05) is 0 Å². The maximum absolute atomic E-state index is 6.07. The lowest BCUT2D eigenvalue weighted by Gasteiger charge is -2.15. The minimum absolute atomic E-state index is 0.395. The molecule has 22 heavy (non-hydrogen) atoms. The highest BCUT2D eigenvalue weighted by atomic mass is 35.5. The summed E-state index contributed by atoms with van der Waals surface area (Å²) in [5, 5.41) is 0.648. The number of hydrogen-bond donors (Lipinski definition) is 0. The van der Waals surface area contributed by atoms with Gasteiger partial charge in [-0.3, -0.25) is 0 Å². The summed E-state index contributed by atoms with van der Waals surface area (Å²) in [6, 6.07) is 11.8. The summed E-state index contributed by atoms with van der Waals surface area (Å²) in [5.41, 5.74) is 4.18. The smallest absolute Gasteiger partial charge is 0.133 e. The lowest BCUT2D eigenvalue weighted by molar-refractivity contribution is 0.302. The maximum atomic E-state index is 6.07. The van der Waals surface area contributed by atoms with Crippen LogP contribution in [0, 0.1) is 0 Å². The molecule has 0 fully saturated rings. The Bertz CT molecular complexity index is 638. The van der Waals surface area contributed by atoms with E-state index in [-0.39, 0.29) is 0 Å². The molecule has 0 aliphatic heterocycles. The maximum Gasteiger partial charge on any atom is 0.133 e. The topological polar surface area (TPSA) is 9.23 Å². The van der Waals surface area contributed by atoms with Gasteiger partial charge in [-0.2, -0.15) is 0 Å². The predicted molar refractivity (Wildman–Crippen MR) is 95.4 cm³/mol. The molecular weight excluding hydrogens is 339 g/mol. The fourth-order valence-electron chi connectivity index (χ4n) is 2.31. The highest BCUT2D eigenvalue weighted by molar-refractivity contribution is 6.44. The Hall–Kier alpha value is -0.890. The van der Waals surface area contributed by atoms with E-state index in [1.165, 1.54) is 11.1 Å². The van der Waals surface area contributed by atoms with Crippen LogP contribution < -0.4 is 4.74 Å². The van der Waals surface area contributed by atoms with Gasteiger partial charge < -0.3 is 4.74 Å². The molecule has 0 aliphatic rings. The Kier molecular flexibility index (Phi) is 6.43. The van der Waals surface area contributed by atoms with Crippen molar-refractivity contribution in [3.05, 3.63) is 63.7 Å². The molecule has 0 saturated heterocycles. The lowest BCUT2D eigenvalue weighted by atomic mass is 10.1. The van der Waals surface area contributed by atoms with Gasteiger partial charge in [-0.1, -0.05) is 43.6 Å². The molecule has 0 unspecified atom stereocenters. The second-order valence-corrected chi connectivity index (χ2v) is 6.61. The van der Waals surface area contributed by atoms with E-state index in [0.29, 0.717) is 11.6 Å². The Morgan fingerprint density at radius 1 is 0.955 bits per heavy atom. The molecule has 2 aromatic rings. The van der Waals surface area contributed by atoms with E-state index in [2.05, 4.69) is 32.0 Å². The molecule has 0 bridgehead atoms. The number of aryl methyl sites for hydroxylation is 2. The summed E-state index contributed by atoms with van der Waals surface area (Å²) in [6.45, 7) is 4.64. The monoisotopic (exact) mass is 356 g/mol. The summed E-state index contributed by atoms with van der Waals surface area (Å²) >= 11 is 18.1. The van der Waals surface area contributed by atoms with Gasteiger partial charge in [0.25, 0.3) is 0 Å². The molecule has 0 aliphatic carbocycles. The first-order valence-electron chi connectivity index (χ1n) is 7.36. The standard InChI is InChI=1S/C18H19Cl3O/c1-3-12-5-6-13(4-2)17(9-12)22-11-14-10-15(19)7-8-16(14)18(20)21/h5-10,18H,3-4,11H2,1-2H3. The number of ether oxygens (including phenoxy) is 1. The summed E-state index contributed by atoms with van der Waals surface area (Å²) < 4.78 is 6.03. The van der Waals surface area contributed by atoms with Gasteiger partial charge in [-0.15, -0.1) is 23.2 Å². The average molecular weight is 358 g/mol. The van der Waals surface area contributed by atoms with Gasteiger partial charge in [-0.25, -0.2) is 0 Å². The third-order valence-corrected chi connectivity index (χ3v) is 4.35. The molecule has 0 N–H and O–H groups in total. The van der Waals surface area contributed by atoms with Gasteiger partial charge in [0.1, 0.15) is 17.2 Å². The van der Waals surface area contributed by atoms with E-state index < -0.39 is 4.84 Å². The number of benzene rings is 2. The van der Waals surface area contributed by atoms with Gasteiger partial charge >= 0.3 is 0 Å². The molecule has 0 atom stereocenters. The van der Waals surface area contributed by atoms with Crippen molar-refractivity contribution in [1.82, 2.24) is 0 Å². The summed E-state index contributed by atoms with van der Waals surface area (Å²) in [7, 11) is 0. The highest BCUT2D eigenvalue weighted by Crippen LogP contribution is 2.31. The van der Waals surface area contributed by atoms with Gasteiger partial charge in [-0.05, 0) is 53.3 Å². The van der Waals surface area contributed by atoms with E-state index in [0.717, 1.165) is 29.7 Å². The van der Waals surface area contributed by atoms with Crippen LogP contribution in [-0.4, -0.2) is 0 Å². The number of hydrogen-bond acceptors (Lipinski definition) is 1. The average Bonchev–Trinajstić information content (AvgIpc) is 2.52. The first-order valence-corrected chi connectivity index (χ1v) is 8.61. The van der Waals surface area contributed by atoms with Crippen LogP contribution in [0.3, 0.4) is 0 Å². The van der Waals surface area contributed by atoms with E-state index >= 15 is 0 Å². The van der Waals surface area contributed by atoms with E-state index in [9.17, 15) is 0 Å². The zero-order chi connectivity index (χ0) is 16.1. The SMILES string of the molecule is CCc1ccc(CC)c(OCc2cc(Cl)ccc2C(Cl)Cl)c1.